The van der Waals surface area contributed by atoms with E-state index in [0.717, 1.165) is 49.0 Å². The summed E-state index contributed by atoms with van der Waals surface area (Å²) in [6.07, 6.45) is -3.00. The largest absolute Gasteiger partial charge is 0.433 e. The van der Waals surface area contributed by atoms with E-state index in [4.69, 9.17) is 5.26 Å². The van der Waals surface area contributed by atoms with Crippen molar-refractivity contribution in [1.29, 1.82) is 5.26 Å². The SMILES string of the molecule is Cc1c(C(=O)NC2CCN(c3ccc(C#N)cc3)CC2)sc2nc(C(F)(F)F)ccc12. The molecule has 1 N–H and O–H groups in total. The van der Waals surface area contributed by atoms with Gasteiger partial charge in [0.1, 0.15) is 10.5 Å². The maximum atomic E-state index is 12.9. The van der Waals surface area contributed by atoms with E-state index in [9.17, 15) is 18.0 Å². The smallest absolute Gasteiger partial charge is 0.371 e. The van der Waals surface area contributed by atoms with E-state index in [1.54, 1.807) is 19.1 Å². The van der Waals surface area contributed by atoms with Gasteiger partial charge in [-0.25, -0.2) is 4.98 Å². The van der Waals surface area contributed by atoms with Gasteiger partial charge in [-0.3, -0.25) is 4.79 Å². The molecule has 5 nitrogen and oxygen atoms in total. The molecule has 2 aromatic heterocycles. The minimum Gasteiger partial charge on any atom is -0.371 e. The number of aryl methyl sites for hydroxylation is 1. The lowest BCUT2D eigenvalue weighted by atomic mass is 10.0. The number of carbonyl (C=O) groups is 1. The van der Waals surface area contributed by atoms with Gasteiger partial charge in [-0.15, -0.1) is 11.3 Å². The zero-order valence-electron chi connectivity index (χ0n) is 16.7. The molecule has 1 fully saturated rings. The molecule has 0 radical (unpaired) electrons. The van der Waals surface area contributed by atoms with Crippen LogP contribution in [0.4, 0.5) is 18.9 Å². The molecule has 0 spiro atoms. The number of alkyl halides is 3. The summed E-state index contributed by atoms with van der Waals surface area (Å²) in [5.41, 5.74) is 1.34. The quantitative estimate of drug-likeness (QED) is 0.624. The van der Waals surface area contributed by atoms with Crippen LogP contribution in [0.1, 0.15) is 39.3 Å². The minimum atomic E-state index is -4.52. The van der Waals surface area contributed by atoms with Crippen LogP contribution in [0.25, 0.3) is 10.2 Å². The predicted octanol–water partition coefficient (Wildman–Crippen LogP) is 4.89. The van der Waals surface area contributed by atoms with Gasteiger partial charge in [-0.2, -0.15) is 18.4 Å². The van der Waals surface area contributed by atoms with Crippen LogP contribution in [0.2, 0.25) is 0 Å². The second-order valence-corrected chi connectivity index (χ2v) is 8.50. The van der Waals surface area contributed by atoms with Crippen molar-refractivity contribution in [3.63, 3.8) is 0 Å². The lowest BCUT2D eigenvalue weighted by Gasteiger charge is -2.34. The summed E-state index contributed by atoms with van der Waals surface area (Å²) in [4.78, 5) is 19.3. The Balaban J connectivity index is 1.42. The number of nitrogens with one attached hydrogen (secondary N) is 1. The number of amides is 1. The Kier molecular flexibility index (Phi) is 5.58. The number of hydrogen-bond acceptors (Lipinski definition) is 5. The third-order valence-corrected chi connectivity index (χ3v) is 6.69. The van der Waals surface area contributed by atoms with E-state index in [0.29, 0.717) is 21.4 Å². The summed E-state index contributed by atoms with van der Waals surface area (Å²) in [5.74, 6) is -0.272. The number of benzene rings is 1. The first kappa shape index (κ1) is 21.1. The average molecular weight is 444 g/mol. The molecule has 160 valence electrons. The molecule has 31 heavy (non-hydrogen) atoms. The minimum absolute atomic E-state index is 0.00885. The van der Waals surface area contributed by atoms with Crippen molar-refractivity contribution in [2.45, 2.75) is 32.0 Å². The Bertz CT molecular complexity index is 1160. The van der Waals surface area contributed by atoms with Crippen LogP contribution in [-0.4, -0.2) is 30.0 Å². The van der Waals surface area contributed by atoms with Gasteiger partial charge in [0, 0.05) is 30.2 Å². The fourth-order valence-corrected chi connectivity index (χ4v) is 4.84. The molecule has 1 saturated heterocycles. The van der Waals surface area contributed by atoms with Crippen molar-refractivity contribution in [3.05, 3.63) is 58.1 Å². The number of anilines is 1. The van der Waals surface area contributed by atoms with Crippen molar-refractivity contribution in [1.82, 2.24) is 10.3 Å². The van der Waals surface area contributed by atoms with Gasteiger partial charge in [-0.1, -0.05) is 0 Å². The number of fused-ring (bicyclic) bond motifs is 1. The molecular weight excluding hydrogens is 425 g/mol. The topological polar surface area (TPSA) is 69.0 Å². The second kappa shape index (κ2) is 8.19. The highest BCUT2D eigenvalue weighted by molar-refractivity contribution is 7.20. The average Bonchev–Trinajstić information content (AvgIpc) is 3.10. The lowest BCUT2D eigenvalue weighted by molar-refractivity contribution is -0.140. The van der Waals surface area contributed by atoms with E-state index >= 15 is 0 Å². The lowest BCUT2D eigenvalue weighted by Crippen LogP contribution is -2.44. The molecule has 1 amide bonds. The number of nitrogens with zero attached hydrogens (tertiary/aromatic N) is 3. The van der Waals surface area contributed by atoms with Crippen molar-refractivity contribution < 1.29 is 18.0 Å². The van der Waals surface area contributed by atoms with E-state index in [2.05, 4.69) is 21.3 Å². The molecule has 0 aliphatic carbocycles. The highest BCUT2D eigenvalue weighted by Gasteiger charge is 2.33. The molecule has 1 aliphatic rings. The molecule has 0 saturated carbocycles. The zero-order valence-corrected chi connectivity index (χ0v) is 17.5. The number of aromatic nitrogens is 1. The Labute approximate surface area is 181 Å². The van der Waals surface area contributed by atoms with Crippen molar-refractivity contribution in [3.8, 4) is 6.07 Å². The first-order chi connectivity index (χ1) is 14.8. The van der Waals surface area contributed by atoms with Crippen LogP contribution in [-0.2, 0) is 6.18 Å². The molecule has 0 atom stereocenters. The van der Waals surface area contributed by atoms with Crippen molar-refractivity contribution in [2.75, 3.05) is 18.0 Å². The zero-order chi connectivity index (χ0) is 22.2. The molecular formula is C22H19F3N4OS. The van der Waals surface area contributed by atoms with E-state index in [1.807, 2.05) is 12.1 Å². The number of rotatable bonds is 3. The molecule has 3 aromatic rings. The number of carbonyl (C=O) groups excluding carboxylic acids is 1. The molecule has 9 heteroatoms. The van der Waals surface area contributed by atoms with Gasteiger partial charge >= 0.3 is 6.18 Å². The second-order valence-electron chi connectivity index (χ2n) is 7.50. The van der Waals surface area contributed by atoms with E-state index in [1.165, 1.54) is 6.07 Å². The third kappa shape index (κ3) is 4.35. The maximum Gasteiger partial charge on any atom is 0.433 e. The Morgan fingerprint density at radius 1 is 1.19 bits per heavy atom. The van der Waals surface area contributed by atoms with Gasteiger partial charge in [0.05, 0.1) is 16.5 Å². The summed E-state index contributed by atoms with van der Waals surface area (Å²) in [6, 6.07) is 11.8. The monoisotopic (exact) mass is 444 g/mol. The van der Waals surface area contributed by atoms with Gasteiger partial charge in [0.25, 0.3) is 5.91 Å². The van der Waals surface area contributed by atoms with Crippen LogP contribution in [0.5, 0.6) is 0 Å². The number of pyridine rings is 1. The normalized spacial score (nSPS) is 15.1. The fourth-order valence-electron chi connectivity index (χ4n) is 3.75. The molecule has 0 unspecified atom stereocenters. The summed E-state index contributed by atoms with van der Waals surface area (Å²) in [5, 5.41) is 12.5. The number of piperidine rings is 1. The van der Waals surface area contributed by atoms with Crippen molar-refractivity contribution >= 4 is 33.1 Å². The van der Waals surface area contributed by atoms with Crippen LogP contribution in [0.15, 0.2) is 36.4 Å². The maximum absolute atomic E-state index is 12.9. The molecule has 4 rings (SSSR count). The molecule has 1 aliphatic heterocycles. The van der Waals surface area contributed by atoms with Crippen LogP contribution in [0, 0.1) is 18.3 Å². The summed E-state index contributed by atoms with van der Waals surface area (Å²) in [7, 11) is 0. The number of halogens is 3. The van der Waals surface area contributed by atoms with Gasteiger partial charge < -0.3 is 10.2 Å². The molecule has 0 bridgehead atoms. The van der Waals surface area contributed by atoms with Crippen LogP contribution in [0.3, 0.4) is 0 Å². The molecule has 3 heterocycles. The Hall–Kier alpha value is -3.12. The van der Waals surface area contributed by atoms with E-state index in [-0.39, 0.29) is 16.8 Å². The summed E-state index contributed by atoms with van der Waals surface area (Å²) < 4.78 is 38.8. The fraction of sp³-hybridized carbons (Fsp3) is 0.318. The van der Waals surface area contributed by atoms with Crippen molar-refractivity contribution in [2.24, 2.45) is 0 Å². The summed E-state index contributed by atoms with van der Waals surface area (Å²) in [6.45, 7) is 3.26. The molecule has 1 aromatic carbocycles. The van der Waals surface area contributed by atoms with Gasteiger partial charge in [0.2, 0.25) is 0 Å². The van der Waals surface area contributed by atoms with Gasteiger partial charge in [-0.05, 0) is 61.7 Å². The number of hydrogen-bond donors (Lipinski definition) is 1. The first-order valence-corrected chi connectivity index (χ1v) is 10.6. The predicted molar refractivity (Wildman–Crippen MR) is 113 cm³/mol. The highest BCUT2D eigenvalue weighted by Crippen LogP contribution is 2.34. The number of thiophene rings is 1. The summed E-state index contributed by atoms with van der Waals surface area (Å²) >= 11 is 0.992. The highest BCUT2D eigenvalue weighted by atomic mass is 32.1. The van der Waals surface area contributed by atoms with Crippen LogP contribution < -0.4 is 10.2 Å². The number of nitriles is 1. The Morgan fingerprint density at radius 3 is 2.48 bits per heavy atom. The van der Waals surface area contributed by atoms with Gasteiger partial charge in [0.15, 0.2) is 0 Å². The van der Waals surface area contributed by atoms with E-state index < -0.39 is 11.9 Å². The van der Waals surface area contributed by atoms with Crippen LogP contribution >= 0.6 is 11.3 Å². The Morgan fingerprint density at radius 2 is 1.87 bits per heavy atom. The standard InChI is InChI=1S/C22H19F3N4OS/c1-13-17-6-7-18(22(23,24)25)28-21(17)31-19(13)20(30)27-15-8-10-29(11-9-15)16-4-2-14(12-26)3-5-16/h2-7,15H,8-11H2,1H3,(H,27,30). The third-order valence-electron chi connectivity index (χ3n) is 5.49. The first-order valence-electron chi connectivity index (χ1n) is 9.79.